The van der Waals surface area contributed by atoms with Crippen molar-refractivity contribution in [2.45, 2.75) is 31.6 Å². The van der Waals surface area contributed by atoms with Crippen molar-refractivity contribution in [2.24, 2.45) is 4.99 Å². The molecule has 2 rings (SSSR count). The maximum Gasteiger partial charge on any atom is 0.401 e. The minimum absolute atomic E-state index is 0.0906. The summed E-state index contributed by atoms with van der Waals surface area (Å²) < 4.78 is 51.3. The Labute approximate surface area is 163 Å². The van der Waals surface area contributed by atoms with E-state index in [-0.39, 0.29) is 17.9 Å². The molecule has 0 aromatic heterocycles. The molecule has 1 fully saturated rings. The van der Waals surface area contributed by atoms with Gasteiger partial charge in [-0.2, -0.15) is 13.2 Å². The third-order valence-electron chi connectivity index (χ3n) is 4.64. The van der Waals surface area contributed by atoms with Gasteiger partial charge in [-0.25, -0.2) is 4.39 Å². The first-order valence-electron chi connectivity index (χ1n) is 9.43. The van der Waals surface area contributed by atoms with Crippen molar-refractivity contribution in [3.05, 3.63) is 35.6 Å². The van der Waals surface area contributed by atoms with Gasteiger partial charge in [0.2, 0.25) is 0 Å². The molecule has 0 spiro atoms. The number of nitrogens with one attached hydrogen (secondary N) is 2. The molecule has 0 saturated carbocycles. The van der Waals surface area contributed by atoms with Crippen LogP contribution in [0.3, 0.4) is 0 Å². The Morgan fingerprint density at radius 2 is 2.11 bits per heavy atom. The maximum absolute atomic E-state index is 13.6. The number of halogens is 4. The first-order valence-corrected chi connectivity index (χ1v) is 9.43. The van der Waals surface area contributed by atoms with Crippen LogP contribution in [0.4, 0.5) is 17.6 Å². The topological polar surface area (TPSA) is 42.9 Å². The summed E-state index contributed by atoms with van der Waals surface area (Å²) in [7, 11) is 3.80. The molecular weight excluding hydrogens is 374 g/mol. The predicted molar refractivity (Wildman–Crippen MR) is 103 cm³/mol. The van der Waals surface area contributed by atoms with Gasteiger partial charge in [0.15, 0.2) is 5.96 Å². The third kappa shape index (κ3) is 7.27. The van der Waals surface area contributed by atoms with Crippen LogP contribution in [-0.4, -0.2) is 74.8 Å². The molecule has 1 heterocycles. The van der Waals surface area contributed by atoms with Crippen LogP contribution in [0.25, 0.3) is 0 Å². The summed E-state index contributed by atoms with van der Waals surface area (Å²) in [6.07, 6.45) is -3.56. The number of likely N-dealkylation sites (N-methyl/N-ethyl adjacent to an activating group) is 1. The molecule has 0 amide bonds. The summed E-state index contributed by atoms with van der Waals surface area (Å²) in [5.41, 5.74) is 0.821. The fraction of sp³-hybridized carbons (Fsp3) is 0.632. The van der Waals surface area contributed by atoms with E-state index in [1.165, 1.54) is 17.0 Å². The van der Waals surface area contributed by atoms with Crippen LogP contribution < -0.4 is 10.6 Å². The van der Waals surface area contributed by atoms with Gasteiger partial charge in [0.25, 0.3) is 0 Å². The first-order chi connectivity index (χ1) is 13.2. The summed E-state index contributed by atoms with van der Waals surface area (Å²) in [5.74, 6) is 0.263. The molecule has 1 aliphatic heterocycles. The number of benzene rings is 1. The lowest BCUT2D eigenvalue weighted by molar-refractivity contribution is -0.143. The zero-order valence-corrected chi connectivity index (χ0v) is 16.6. The summed E-state index contributed by atoms with van der Waals surface area (Å²) in [5, 5.41) is 6.36. The van der Waals surface area contributed by atoms with Crippen LogP contribution in [0.2, 0.25) is 0 Å². The average molecular weight is 403 g/mol. The van der Waals surface area contributed by atoms with E-state index in [0.29, 0.717) is 38.6 Å². The molecule has 0 aliphatic carbocycles. The lowest BCUT2D eigenvalue weighted by Gasteiger charge is -2.24. The predicted octanol–water partition coefficient (Wildman–Crippen LogP) is 2.62. The van der Waals surface area contributed by atoms with Gasteiger partial charge < -0.3 is 15.5 Å². The minimum atomic E-state index is -4.18. The Morgan fingerprint density at radius 1 is 1.36 bits per heavy atom. The molecule has 1 aromatic rings. The number of hydrogen-bond donors (Lipinski definition) is 2. The Morgan fingerprint density at radius 3 is 2.71 bits per heavy atom. The highest BCUT2D eigenvalue weighted by atomic mass is 19.4. The lowest BCUT2D eigenvalue weighted by atomic mass is 10.1. The van der Waals surface area contributed by atoms with Crippen molar-refractivity contribution in [2.75, 3.05) is 46.8 Å². The SMILES string of the molecule is CCNC(=NCC(c1cccc(F)c1)N(C)C)NC1CCN(CC(F)(F)F)C1. The molecule has 0 bridgehead atoms. The van der Waals surface area contributed by atoms with Crippen LogP contribution in [0.15, 0.2) is 29.3 Å². The van der Waals surface area contributed by atoms with Crippen LogP contribution in [-0.2, 0) is 0 Å². The summed E-state index contributed by atoms with van der Waals surface area (Å²) in [4.78, 5) is 7.95. The van der Waals surface area contributed by atoms with Crippen LogP contribution in [0, 0.1) is 5.82 Å². The third-order valence-corrected chi connectivity index (χ3v) is 4.64. The Kier molecular flexibility index (Phi) is 8.06. The van der Waals surface area contributed by atoms with Gasteiger partial charge in [0.1, 0.15) is 5.82 Å². The van der Waals surface area contributed by atoms with Crippen LogP contribution in [0.5, 0.6) is 0 Å². The maximum atomic E-state index is 13.6. The van der Waals surface area contributed by atoms with E-state index < -0.39 is 12.7 Å². The van der Waals surface area contributed by atoms with E-state index in [1.807, 2.05) is 32.0 Å². The molecule has 2 atom stereocenters. The molecule has 9 heteroatoms. The van der Waals surface area contributed by atoms with E-state index >= 15 is 0 Å². The Balaban J connectivity index is 2.01. The molecule has 1 aromatic carbocycles. The van der Waals surface area contributed by atoms with Crippen molar-refractivity contribution in [1.82, 2.24) is 20.4 Å². The fourth-order valence-corrected chi connectivity index (χ4v) is 3.32. The standard InChI is InChI=1S/C19H29F4N5/c1-4-24-18(26-16-8-9-28(12-16)13-19(21,22)23)25-11-17(27(2)3)14-6-5-7-15(20)10-14/h5-7,10,16-17H,4,8-9,11-13H2,1-3H3,(H2,24,25,26). The van der Waals surface area contributed by atoms with Gasteiger partial charge in [-0.3, -0.25) is 9.89 Å². The Hall–Kier alpha value is -1.87. The second kappa shape index (κ2) is 10.1. The van der Waals surface area contributed by atoms with Crippen LogP contribution >= 0.6 is 0 Å². The minimum Gasteiger partial charge on any atom is -0.357 e. The number of nitrogens with zero attached hydrogens (tertiary/aromatic N) is 3. The molecule has 158 valence electrons. The van der Waals surface area contributed by atoms with E-state index in [1.54, 1.807) is 6.07 Å². The normalized spacial score (nSPS) is 19.9. The van der Waals surface area contributed by atoms with Crippen molar-refractivity contribution in [3.63, 3.8) is 0 Å². The van der Waals surface area contributed by atoms with Gasteiger partial charge in [-0.15, -0.1) is 0 Å². The van der Waals surface area contributed by atoms with E-state index in [9.17, 15) is 17.6 Å². The molecule has 2 unspecified atom stereocenters. The molecule has 2 N–H and O–H groups in total. The zero-order valence-electron chi connectivity index (χ0n) is 16.6. The van der Waals surface area contributed by atoms with Crippen molar-refractivity contribution in [3.8, 4) is 0 Å². The van der Waals surface area contributed by atoms with Gasteiger partial charge in [0.05, 0.1) is 19.1 Å². The van der Waals surface area contributed by atoms with Gasteiger partial charge in [-0.1, -0.05) is 12.1 Å². The number of hydrogen-bond acceptors (Lipinski definition) is 3. The monoisotopic (exact) mass is 403 g/mol. The second-order valence-electron chi connectivity index (χ2n) is 7.23. The second-order valence-corrected chi connectivity index (χ2v) is 7.23. The van der Waals surface area contributed by atoms with Gasteiger partial charge in [-0.05, 0) is 45.1 Å². The smallest absolute Gasteiger partial charge is 0.357 e. The number of aliphatic imine (C=N–C) groups is 1. The molecule has 5 nitrogen and oxygen atoms in total. The molecular formula is C19H29F4N5. The van der Waals surface area contributed by atoms with Crippen molar-refractivity contribution < 1.29 is 17.6 Å². The van der Waals surface area contributed by atoms with Crippen molar-refractivity contribution in [1.29, 1.82) is 0 Å². The van der Waals surface area contributed by atoms with Crippen molar-refractivity contribution >= 4 is 5.96 Å². The van der Waals surface area contributed by atoms with E-state index in [0.717, 1.165) is 5.56 Å². The average Bonchev–Trinajstić information content (AvgIpc) is 3.00. The summed E-state index contributed by atoms with van der Waals surface area (Å²) in [6, 6.07) is 6.21. The lowest BCUT2D eigenvalue weighted by Crippen LogP contribution is -2.45. The Bertz CT molecular complexity index is 647. The van der Waals surface area contributed by atoms with Gasteiger partial charge in [0, 0.05) is 25.7 Å². The number of guanidine groups is 1. The largest absolute Gasteiger partial charge is 0.401 e. The molecule has 28 heavy (non-hydrogen) atoms. The number of likely N-dealkylation sites (tertiary alicyclic amines) is 1. The first kappa shape index (κ1) is 22.4. The molecule has 1 saturated heterocycles. The van der Waals surface area contributed by atoms with Crippen LogP contribution in [0.1, 0.15) is 24.9 Å². The molecule has 1 aliphatic rings. The number of rotatable bonds is 7. The van der Waals surface area contributed by atoms with E-state index in [4.69, 9.17) is 0 Å². The van der Waals surface area contributed by atoms with Gasteiger partial charge >= 0.3 is 6.18 Å². The highest BCUT2D eigenvalue weighted by Gasteiger charge is 2.34. The highest BCUT2D eigenvalue weighted by Crippen LogP contribution is 2.21. The zero-order chi connectivity index (χ0) is 20.7. The fourth-order valence-electron chi connectivity index (χ4n) is 3.32. The number of alkyl halides is 3. The molecule has 0 radical (unpaired) electrons. The summed E-state index contributed by atoms with van der Waals surface area (Å²) in [6.45, 7) is 2.80. The summed E-state index contributed by atoms with van der Waals surface area (Å²) >= 11 is 0. The quantitative estimate of drug-likeness (QED) is 0.417. The highest BCUT2D eigenvalue weighted by molar-refractivity contribution is 5.80. The van der Waals surface area contributed by atoms with E-state index in [2.05, 4.69) is 15.6 Å².